The van der Waals surface area contributed by atoms with E-state index in [0.717, 1.165) is 30.6 Å². The average molecular weight is 218 g/mol. The monoisotopic (exact) mass is 218 g/mol. The molecule has 0 aromatic rings. The Balaban J connectivity index is 2.26. The van der Waals surface area contributed by atoms with E-state index in [9.17, 15) is 4.79 Å². The van der Waals surface area contributed by atoms with Gasteiger partial charge in [0.05, 0.1) is 0 Å². The first-order chi connectivity index (χ1) is 7.60. The van der Waals surface area contributed by atoms with E-state index in [-0.39, 0.29) is 0 Å². The highest BCUT2D eigenvalue weighted by Gasteiger charge is 2.47. The topological polar surface area (TPSA) is 17.1 Å². The molecule has 0 amide bonds. The fraction of sp³-hybridized carbons (Fsp3) is 0.667. The summed E-state index contributed by atoms with van der Waals surface area (Å²) in [5.41, 5.74) is 2.76. The highest BCUT2D eigenvalue weighted by molar-refractivity contribution is 5.73. The molecule has 0 radical (unpaired) electrons. The van der Waals surface area contributed by atoms with Gasteiger partial charge in [0, 0.05) is 0 Å². The lowest BCUT2D eigenvalue weighted by Crippen LogP contribution is -2.33. The molecule has 1 fully saturated rings. The predicted octanol–water partition coefficient (Wildman–Crippen LogP) is 3.90. The summed E-state index contributed by atoms with van der Waals surface area (Å²) in [5, 5.41) is 0. The minimum atomic E-state index is 0.415. The van der Waals surface area contributed by atoms with Crippen LogP contribution in [0.15, 0.2) is 23.8 Å². The van der Waals surface area contributed by atoms with E-state index >= 15 is 0 Å². The zero-order valence-electron chi connectivity index (χ0n) is 10.5. The van der Waals surface area contributed by atoms with Crippen LogP contribution in [0.2, 0.25) is 0 Å². The quantitative estimate of drug-likeness (QED) is 0.507. The Morgan fingerprint density at radius 1 is 1.56 bits per heavy atom. The molecule has 2 aliphatic carbocycles. The Kier molecular flexibility index (Phi) is 3.05. The van der Waals surface area contributed by atoms with Gasteiger partial charge in [-0.3, -0.25) is 4.79 Å². The molecule has 2 aliphatic rings. The molecule has 2 rings (SSSR count). The summed E-state index contributed by atoms with van der Waals surface area (Å²) in [7, 11) is 0. The molecule has 0 heterocycles. The third kappa shape index (κ3) is 1.66. The van der Waals surface area contributed by atoms with Gasteiger partial charge >= 0.3 is 0 Å². The van der Waals surface area contributed by atoms with Crippen molar-refractivity contribution < 1.29 is 4.79 Å². The third-order valence-electron chi connectivity index (χ3n) is 4.93. The van der Waals surface area contributed by atoms with Crippen molar-refractivity contribution in [3.63, 3.8) is 0 Å². The van der Waals surface area contributed by atoms with Gasteiger partial charge in [-0.15, -0.1) is 0 Å². The van der Waals surface area contributed by atoms with E-state index in [2.05, 4.69) is 26.5 Å². The number of carbonyl (C=O) groups is 1. The second-order valence-corrected chi connectivity index (χ2v) is 5.71. The summed E-state index contributed by atoms with van der Waals surface area (Å²) in [5.74, 6) is 1.45. The van der Waals surface area contributed by atoms with Crippen LogP contribution in [0.5, 0.6) is 0 Å². The van der Waals surface area contributed by atoms with Gasteiger partial charge in [0.1, 0.15) is 6.29 Å². The van der Waals surface area contributed by atoms with Crippen molar-refractivity contribution in [3.8, 4) is 0 Å². The molecule has 88 valence electrons. The standard InChI is InChI=1S/C15H22O/c1-11(2)14-5-4-12(3)15(14)8-6-13(10-16)7-9-15/h6,10,12,14H,1,4-5,7-9H2,2-3H3. The molecule has 0 aromatic heterocycles. The van der Waals surface area contributed by atoms with Crippen LogP contribution in [0.4, 0.5) is 0 Å². The van der Waals surface area contributed by atoms with Crippen molar-refractivity contribution in [2.45, 2.75) is 46.0 Å². The highest BCUT2D eigenvalue weighted by Crippen LogP contribution is 2.57. The summed E-state index contributed by atoms with van der Waals surface area (Å²) in [6.07, 6.45) is 9.05. The Bertz CT molecular complexity index is 339. The lowest BCUT2D eigenvalue weighted by molar-refractivity contribution is -0.105. The van der Waals surface area contributed by atoms with Crippen LogP contribution in [0, 0.1) is 17.3 Å². The van der Waals surface area contributed by atoms with Gasteiger partial charge in [-0.2, -0.15) is 0 Å². The molecule has 3 unspecified atom stereocenters. The minimum Gasteiger partial charge on any atom is -0.298 e. The van der Waals surface area contributed by atoms with Crippen LogP contribution < -0.4 is 0 Å². The van der Waals surface area contributed by atoms with E-state index in [1.165, 1.54) is 24.8 Å². The number of aldehydes is 1. The highest BCUT2D eigenvalue weighted by atomic mass is 16.1. The molecular formula is C15H22O. The number of allylic oxidation sites excluding steroid dienone is 3. The molecule has 0 N–H and O–H groups in total. The number of hydrogen-bond acceptors (Lipinski definition) is 1. The molecule has 3 atom stereocenters. The first-order valence-corrected chi connectivity index (χ1v) is 6.40. The predicted molar refractivity (Wildman–Crippen MR) is 67.1 cm³/mol. The van der Waals surface area contributed by atoms with Gasteiger partial charge in [-0.1, -0.05) is 25.2 Å². The smallest absolute Gasteiger partial charge is 0.145 e. The van der Waals surface area contributed by atoms with Gasteiger partial charge in [0.15, 0.2) is 0 Å². The maximum atomic E-state index is 10.8. The molecule has 16 heavy (non-hydrogen) atoms. The van der Waals surface area contributed by atoms with Crippen LogP contribution in [-0.4, -0.2) is 6.29 Å². The summed E-state index contributed by atoms with van der Waals surface area (Å²) in [4.78, 5) is 10.8. The molecule has 1 nitrogen and oxygen atoms in total. The van der Waals surface area contributed by atoms with Crippen molar-refractivity contribution in [1.82, 2.24) is 0 Å². The molecule has 0 aliphatic heterocycles. The van der Waals surface area contributed by atoms with Crippen LogP contribution in [0.25, 0.3) is 0 Å². The Labute approximate surface area is 98.6 Å². The molecule has 0 saturated heterocycles. The summed E-state index contributed by atoms with van der Waals surface area (Å²) in [6.45, 7) is 8.72. The zero-order valence-corrected chi connectivity index (χ0v) is 10.5. The van der Waals surface area contributed by atoms with Crippen LogP contribution >= 0.6 is 0 Å². The van der Waals surface area contributed by atoms with Crippen LogP contribution in [0.3, 0.4) is 0 Å². The Morgan fingerprint density at radius 3 is 2.81 bits per heavy atom. The molecule has 1 heteroatoms. The molecule has 0 aromatic carbocycles. The van der Waals surface area contributed by atoms with Gasteiger partial charge in [0.25, 0.3) is 0 Å². The Hall–Kier alpha value is -0.850. The van der Waals surface area contributed by atoms with Crippen LogP contribution in [-0.2, 0) is 4.79 Å². The number of carbonyl (C=O) groups excluding carboxylic acids is 1. The fourth-order valence-electron chi connectivity index (χ4n) is 3.85. The van der Waals surface area contributed by atoms with Gasteiger partial charge < -0.3 is 0 Å². The zero-order chi connectivity index (χ0) is 11.8. The van der Waals surface area contributed by atoms with Gasteiger partial charge in [-0.05, 0) is 61.9 Å². The maximum absolute atomic E-state index is 10.8. The summed E-state index contributed by atoms with van der Waals surface area (Å²) >= 11 is 0. The van der Waals surface area contributed by atoms with Crippen molar-refractivity contribution in [2.24, 2.45) is 17.3 Å². The summed E-state index contributed by atoms with van der Waals surface area (Å²) < 4.78 is 0. The van der Waals surface area contributed by atoms with E-state index in [4.69, 9.17) is 0 Å². The number of hydrogen-bond donors (Lipinski definition) is 0. The van der Waals surface area contributed by atoms with Crippen molar-refractivity contribution >= 4 is 6.29 Å². The lowest BCUT2D eigenvalue weighted by atomic mass is 9.63. The molecule has 1 saturated carbocycles. The maximum Gasteiger partial charge on any atom is 0.145 e. The third-order valence-corrected chi connectivity index (χ3v) is 4.93. The molecule has 1 spiro atoms. The van der Waals surface area contributed by atoms with Gasteiger partial charge in [0.2, 0.25) is 0 Å². The summed E-state index contributed by atoms with van der Waals surface area (Å²) in [6, 6.07) is 0. The fourth-order valence-corrected chi connectivity index (χ4v) is 3.85. The second kappa shape index (κ2) is 4.20. The van der Waals surface area contributed by atoms with Crippen molar-refractivity contribution in [2.75, 3.05) is 0 Å². The van der Waals surface area contributed by atoms with E-state index in [1.807, 2.05) is 0 Å². The molecule has 0 bridgehead atoms. The first-order valence-electron chi connectivity index (χ1n) is 6.40. The Morgan fingerprint density at radius 2 is 2.31 bits per heavy atom. The second-order valence-electron chi connectivity index (χ2n) is 5.71. The van der Waals surface area contributed by atoms with E-state index in [0.29, 0.717) is 11.3 Å². The van der Waals surface area contributed by atoms with E-state index in [1.54, 1.807) is 0 Å². The average Bonchev–Trinajstić information content (AvgIpc) is 2.58. The molecular weight excluding hydrogens is 196 g/mol. The van der Waals surface area contributed by atoms with Gasteiger partial charge in [-0.25, -0.2) is 0 Å². The SMILES string of the molecule is C=C(C)C1CCC(C)C12CC=C(C=O)CC2. The van der Waals surface area contributed by atoms with Crippen LogP contribution in [0.1, 0.15) is 46.0 Å². The first kappa shape index (κ1) is 11.6. The largest absolute Gasteiger partial charge is 0.298 e. The number of rotatable bonds is 2. The van der Waals surface area contributed by atoms with Crippen molar-refractivity contribution in [3.05, 3.63) is 23.8 Å². The van der Waals surface area contributed by atoms with E-state index < -0.39 is 0 Å². The lowest BCUT2D eigenvalue weighted by Gasteiger charge is -2.41. The van der Waals surface area contributed by atoms with Crippen molar-refractivity contribution in [1.29, 1.82) is 0 Å². The minimum absolute atomic E-state index is 0.415. The normalized spacial score (nSPS) is 38.5.